The molecule has 4 rings (SSSR count). The van der Waals surface area contributed by atoms with Gasteiger partial charge in [-0.1, -0.05) is 37.3 Å². The van der Waals surface area contributed by atoms with E-state index in [9.17, 15) is 4.79 Å². The molecule has 0 atom stereocenters. The minimum Gasteiger partial charge on any atom is -0.321 e. The Hall–Kier alpha value is -2.21. The third kappa shape index (κ3) is 5.73. The molecule has 0 aliphatic carbocycles. The molecule has 1 aliphatic rings. The van der Waals surface area contributed by atoms with Gasteiger partial charge in [0.2, 0.25) is 0 Å². The van der Waals surface area contributed by atoms with Crippen molar-refractivity contribution in [3.05, 3.63) is 80.2 Å². The van der Waals surface area contributed by atoms with Crippen LogP contribution in [-0.4, -0.2) is 30.4 Å². The van der Waals surface area contributed by atoms with Gasteiger partial charge in [-0.15, -0.1) is 22.7 Å². The molecular formula is C26H30N2OS2. The number of thiophene rings is 2. The number of rotatable bonds is 11. The molecule has 3 heterocycles. The zero-order chi connectivity index (χ0) is 21.5. The molecule has 3 nitrogen and oxygen atoms in total. The van der Waals surface area contributed by atoms with Gasteiger partial charge in [-0.05, 0) is 73.2 Å². The number of carbonyl (C=O) groups excluding carboxylic acids is 1. The smallest absolute Gasteiger partial charge is 0.256 e. The van der Waals surface area contributed by atoms with Crippen molar-refractivity contribution in [1.82, 2.24) is 4.90 Å². The average Bonchev–Trinajstić information content (AvgIpc) is 3.52. The van der Waals surface area contributed by atoms with E-state index in [0.717, 1.165) is 68.6 Å². The van der Waals surface area contributed by atoms with Crippen LogP contribution < -0.4 is 5.32 Å². The van der Waals surface area contributed by atoms with Crippen LogP contribution in [0.1, 0.15) is 40.6 Å². The van der Waals surface area contributed by atoms with Crippen LogP contribution in [-0.2, 0) is 24.1 Å². The second-order valence-electron chi connectivity index (χ2n) is 7.95. The number of allylic oxidation sites excluding steroid dienone is 1. The highest BCUT2D eigenvalue weighted by atomic mass is 32.1. The number of hydrogen-bond donors (Lipinski definition) is 1. The summed E-state index contributed by atoms with van der Waals surface area (Å²) < 4.78 is 0. The highest BCUT2D eigenvalue weighted by Crippen LogP contribution is 2.35. The van der Waals surface area contributed by atoms with Crippen LogP contribution in [0.2, 0.25) is 0 Å². The van der Waals surface area contributed by atoms with E-state index in [1.165, 1.54) is 15.3 Å². The second-order valence-corrected chi connectivity index (χ2v) is 10.0. The van der Waals surface area contributed by atoms with Gasteiger partial charge in [-0.3, -0.25) is 4.79 Å². The molecule has 1 N–H and O–H groups in total. The van der Waals surface area contributed by atoms with Gasteiger partial charge in [0.15, 0.2) is 0 Å². The molecule has 5 heteroatoms. The number of aryl methyl sites for hydroxylation is 1. The quantitative estimate of drug-likeness (QED) is 0.349. The number of nitrogens with zero attached hydrogens (tertiary/aromatic N) is 1. The minimum atomic E-state index is 0.0386. The lowest BCUT2D eigenvalue weighted by molar-refractivity contribution is -0.110. The Labute approximate surface area is 193 Å². The van der Waals surface area contributed by atoms with Crippen LogP contribution in [0, 0.1) is 0 Å². The zero-order valence-electron chi connectivity index (χ0n) is 18.1. The monoisotopic (exact) mass is 450 g/mol. The molecule has 0 spiro atoms. The molecule has 3 aromatic rings. The van der Waals surface area contributed by atoms with E-state index in [0.29, 0.717) is 0 Å². The maximum Gasteiger partial charge on any atom is 0.256 e. The number of carbonyl (C=O) groups is 1. The van der Waals surface area contributed by atoms with Gasteiger partial charge in [0.05, 0.1) is 0 Å². The predicted molar refractivity (Wildman–Crippen MR) is 134 cm³/mol. The maximum absolute atomic E-state index is 12.7. The SMILES string of the molecule is CCCN(CCc1cccs1)CCc1cccc2c1/C(=C\CCc1cccs1)C(=O)N2. The molecule has 0 unspecified atom stereocenters. The lowest BCUT2D eigenvalue weighted by atomic mass is 9.97. The standard InChI is InChI=1S/C26H30N2OS2/c1-2-15-28(17-14-22-10-6-19-31-22)16-13-20-7-3-12-24-25(20)23(26(29)27-24)11-4-8-21-9-5-18-30-21/h3,5-7,9-12,18-19H,2,4,8,13-17H2,1H3,(H,27,29)/b23-11+. The summed E-state index contributed by atoms with van der Waals surface area (Å²) in [6.45, 7) is 5.47. The highest BCUT2D eigenvalue weighted by Gasteiger charge is 2.26. The largest absolute Gasteiger partial charge is 0.321 e. The number of fused-ring (bicyclic) bond motifs is 1. The molecule has 1 amide bonds. The Kier molecular flexibility index (Phi) is 7.73. The highest BCUT2D eigenvalue weighted by molar-refractivity contribution is 7.10. The number of nitrogens with one attached hydrogen (secondary N) is 1. The van der Waals surface area contributed by atoms with Gasteiger partial charge < -0.3 is 10.2 Å². The van der Waals surface area contributed by atoms with Crippen molar-refractivity contribution in [2.45, 2.75) is 39.0 Å². The van der Waals surface area contributed by atoms with Crippen LogP contribution in [0.3, 0.4) is 0 Å². The second kappa shape index (κ2) is 10.9. The van der Waals surface area contributed by atoms with Crippen LogP contribution in [0.15, 0.2) is 59.3 Å². The fraction of sp³-hybridized carbons (Fsp3) is 0.346. The van der Waals surface area contributed by atoms with Crippen molar-refractivity contribution in [3.63, 3.8) is 0 Å². The number of benzene rings is 1. The lowest BCUT2D eigenvalue weighted by Gasteiger charge is -2.22. The van der Waals surface area contributed by atoms with Crippen LogP contribution in [0.25, 0.3) is 5.57 Å². The minimum absolute atomic E-state index is 0.0386. The molecule has 1 aliphatic heterocycles. The van der Waals surface area contributed by atoms with E-state index in [1.807, 2.05) is 17.4 Å². The normalized spacial score (nSPS) is 14.4. The first-order valence-electron chi connectivity index (χ1n) is 11.2. The zero-order valence-corrected chi connectivity index (χ0v) is 19.7. The van der Waals surface area contributed by atoms with E-state index in [-0.39, 0.29) is 5.91 Å². The number of amides is 1. The number of anilines is 1. The summed E-state index contributed by atoms with van der Waals surface area (Å²) in [5.74, 6) is 0.0386. The van der Waals surface area contributed by atoms with E-state index < -0.39 is 0 Å². The summed E-state index contributed by atoms with van der Waals surface area (Å²) in [4.78, 5) is 18.0. The van der Waals surface area contributed by atoms with E-state index in [4.69, 9.17) is 0 Å². The van der Waals surface area contributed by atoms with E-state index in [2.05, 4.69) is 70.4 Å². The Morgan fingerprint density at radius 1 is 0.903 bits per heavy atom. The number of hydrogen-bond acceptors (Lipinski definition) is 4. The van der Waals surface area contributed by atoms with E-state index >= 15 is 0 Å². The molecule has 31 heavy (non-hydrogen) atoms. The Bertz CT molecular complexity index is 1010. The first-order valence-corrected chi connectivity index (χ1v) is 12.9. The third-order valence-corrected chi connectivity index (χ3v) is 7.60. The molecular weight excluding hydrogens is 420 g/mol. The van der Waals surface area contributed by atoms with Gasteiger partial charge in [-0.2, -0.15) is 0 Å². The van der Waals surface area contributed by atoms with Gasteiger partial charge in [0.1, 0.15) is 0 Å². The van der Waals surface area contributed by atoms with Gasteiger partial charge in [0.25, 0.3) is 5.91 Å². The average molecular weight is 451 g/mol. The molecule has 0 fully saturated rings. The first-order chi connectivity index (χ1) is 15.2. The van der Waals surface area contributed by atoms with Crippen molar-refractivity contribution in [1.29, 1.82) is 0 Å². The summed E-state index contributed by atoms with van der Waals surface area (Å²) in [7, 11) is 0. The van der Waals surface area contributed by atoms with Crippen molar-refractivity contribution in [2.24, 2.45) is 0 Å². The summed E-state index contributed by atoms with van der Waals surface area (Å²) in [5, 5.41) is 7.34. The van der Waals surface area contributed by atoms with Crippen molar-refractivity contribution >= 4 is 39.8 Å². The molecule has 0 radical (unpaired) electrons. The van der Waals surface area contributed by atoms with Gasteiger partial charge in [0, 0.05) is 39.7 Å². The maximum atomic E-state index is 12.7. The van der Waals surface area contributed by atoms with E-state index in [1.54, 1.807) is 11.3 Å². The summed E-state index contributed by atoms with van der Waals surface area (Å²) in [6.07, 6.45) is 7.23. The molecule has 0 bridgehead atoms. The van der Waals surface area contributed by atoms with Crippen molar-refractivity contribution < 1.29 is 4.79 Å². The fourth-order valence-electron chi connectivity index (χ4n) is 4.20. The van der Waals surface area contributed by atoms with Crippen LogP contribution in [0.5, 0.6) is 0 Å². The third-order valence-electron chi connectivity index (χ3n) is 5.72. The van der Waals surface area contributed by atoms with Gasteiger partial charge in [-0.25, -0.2) is 0 Å². The first kappa shape index (κ1) is 22.0. The molecule has 2 aromatic heterocycles. The Balaban J connectivity index is 1.44. The summed E-state index contributed by atoms with van der Waals surface area (Å²) in [6, 6.07) is 14.9. The predicted octanol–water partition coefficient (Wildman–Crippen LogP) is 6.28. The topological polar surface area (TPSA) is 32.3 Å². The van der Waals surface area contributed by atoms with Crippen molar-refractivity contribution in [3.8, 4) is 0 Å². The summed E-state index contributed by atoms with van der Waals surface area (Å²) >= 11 is 3.62. The Morgan fingerprint density at radius 2 is 1.65 bits per heavy atom. The Morgan fingerprint density at radius 3 is 2.35 bits per heavy atom. The molecule has 0 saturated carbocycles. The van der Waals surface area contributed by atoms with Crippen LogP contribution in [0.4, 0.5) is 5.69 Å². The van der Waals surface area contributed by atoms with Gasteiger partial charge >= 0.3 is 0 Å². The molecule has 162 valence electrons. The fourth-order valence-corrected chi connectivity index (χ4v) is 5.62. The molecule has 1 aromatic carbocycles. The molecule has 0 saturated heterocycles. The van der Waals surface area contributed by atoms with Crippen LogP contribution >= 0.6 is 22.7 Å². The summed E-state index contributed by atoms with van der Waals surface area (Å²) in [5.41, 5.74) is 4.21. The lowest BCUT2D eigenvalue weighted by Crippen LogP contribution is -2.29. The van der Waals surface area contributed by atoms with Crippen molar-refractivity contribution in [2.75, 3.05) is 25.0 Å².